The Morgan fingerprint density at radius 2 is 1.82 bits per heavy atom. The Balaban J connectivity index is 0. The molecule has 0 saturated heterocycles. The largest absolute Gasteiger partial charge is 2.00 e. The topological polar surface area (TPSA) is 80.3 Å². The third-order valence-electron chi connectivity index (χ3n) is 0.935. The second-order valence-electron chi connectivity index (χ2n) is 1.63. The summed E-state index contributed by atoms with van der Waals surface area (Å²) in [5.74, 6) is -2.98. The second kappa shape index (κ2) is 6.64. The van der Waals surface area contributed by atoms with E-state index in [1.165, 1.54) is 6.92 Å². The Kier molecular flexibility index (Phi) is 8.16. The molecule has 11 heavy (non-hydrogen) atoms. The van der Waals surface area contributed by atoms with Crippen LogP contribution in [0.15, 0.2) is 11.6 Å². The molecule has 0 radical (unpaired) electrons. The fraction of sp³-hybridized carbons (Fsp3) is 0.333. The number of carbonyl (C=O) groups is 2. The van der Waals surface area contributed by atoms with Gasteiger partial charge in [0.25, 0.3) is 0 Å². The van der Waals surface area contributed by atoms with Gasteiger partial charge in [-0.2, -0.15) is 0 Å². The van der Waals surface area contributed by atoms with Crippen LogP contribution < -0.4 is 10.2 Å². The van der Waals surface area contributed by atoms with E-state index in [0.29, 0.717) is 6.08 Å². The first-order valence-corrected chi connectivity index (χ1v) is 2.70. The van der Waals surface area contributed by atoms with Gasteiger partial charge in [-0.05, 0) is 18.1 Å². The van der Waals surface area contributed by atoms with E-state index in [-0.39, 0.29) is 49.7 Å². The first-order valence-electron chi connectivity index (χ1n) is 2.70. The van der Waals surface area contributed by atoms with Gasteiger partial charge in [-0.15, -0.1) is 0 Å². The van der Waals surface area contributed by atoms with Crippen molar-refractivity contribution in [3.63, 3.8) is 0 Å². The van der Waals surface area contributed by atoms with Gasteiger partial charge in [0.05, 0.1) is 11.9 Å². The minimum atomic E-state index is -1.51. The average molecular weight is 182 g/mol. The first kappa shape index (κ1) is 13.5. The summed E-state index contributed by atoms with van der Waals surface area (Å²) in [5.41, 5.74) is -0.264. The molecule has 0 N–H and O–H groups in total. The molecule has 0 aromatic carbocycles. The molecule has 0 heterocycles. The monoisotopic (exact) mass is 182 g/mol. The van der Waals surface area contributed by atoms with E-state index in [9.17, 15) is 19.8 Å². The Morgan fingerprint density at radius 1 is 1.36 bits per heavy atom. The standard InChI is InChI=1S/C6H8O4.Ca/c1-2-4(6(9)10)3-5(7)8;/h3H,2H2,1H3,(H,7,8)(H,9,10);/q;+2/p-2. The molecule has 0 aliphatic carbocycles. The predicted molar refractivity (Wildman–Crippen MR) is 34.1 cm³/mol. The summed E-state index contributed by atoms with van der Waals surface area (Å²) in [4.78, 5) is 19.8. The normalized spacial score (nSPS) is 10.1. The molecule has 0 aromatic heterocycles. The molecular formula is C6H6CaO4. The molecule has 0 spiro atoms. The number of carboxylic acid groups (broad SMARTS) is 2. The Bertz CT molecular complexity index is 185. The van der Waals surface area contributed by atoms with Gasteiger partial charge in [0.15, 0.2) is 0 Å². The van der Waals surface area contributed by atoms with Crippen LogP contribution in [0.4, 0.5) is 0 Å². The molecule has 0 bridgehead atoms. The number of rotatable bonds is 3. The molecule has 56 valence electrons. The van der Waals surface area contributed by atoms with Gasteiger partial charge in [-0.1, -0.05) is 6.92 Å². The van der Waals surface area contributed by atoms with Crippen LogP contribution in [0.2, 0.25) is 0 Å². The molecule has 0 unspecified atom stereocenters. The van der Waals surface area contributed by atoms with E-state index in [4.69, 9.17) is 0 Å². The van der Waals surface area contributed by atoms with Gasteiger partial charge in [0.2, 0.25) is 0 Å². The third kappa shape index (κ3) is 6.34. The smallest absolute Gasteiger partial charge is 0.545 e. The molecule has 0 aromatic rings. The van der Waals surface area contributed by atoms with Crippen LogP contribution in [-0.4, -0.2) is 49.7 Å². The molecule has 0 aliphatic rings. The minimum absolute atomic E-state index is 0. The van der Waals surface area contributed by atoms with E-state index < -0.39 is 11.9 Å². The van der Waals surface area contributed by atoms with E-state index in [1.807, 2.05) is 0 Å². The van der Waals surface area contributed by atoms with Gasteiger partial charge in [-0.3, -0.25) is 0 Å². The molecule has 5 heteroatoms. The fourth-order valence-corrected chi connectivity index (χ4v) is 0.448. The molecule has 0 atom stereocenters. The maximum absolute atomic E-state index is 10.00. The summed E-state index contributed by atoms with van der Waals surface area (Å²) < 4.78 is 0. The zero-order valence-corrected chi connectivity index (χ0v) is 8.33. The van der Waals surface area contributed by atoms with Crippen LogP contribution in [0.3, 0.4) is 0 Å². The number of hydrogen-bond donors (Lipinski definition) is 0. The first-order chi connectivity index (χ1) is 4.57. The van der Waals surface area contributed by atoms with E-state index in [0.717, 1.165) is 0 Å². The molecular weight excluding hydrogens is 176 g/mol. The third-order valence-corrected chi connectivity index (χ3v) is 0.935. The Hall–Kier alpha value is -0.0603. The van der Waals surface area contributed by atoms with E-state index >= 15 is 0 Å². The number of hydrogen-bond acceptors (Lipinski definition) is 4. The van der Waals surface area contributed by atoms with Crippen LogP contribution in [0.5, 0.6) is 0 Å². The Morgan fingerprint density at radius 3 is 1.91 bits per heavy atom. The summed E-state index contributed by atoms with van der Waals surface area (Å²) in [5, 5.41) is 19.8. The van der Waals surface area contributed by atoms with Gasteiger partial charge >= 0.3 is 37.7 Å². The average Bonchev–Trinajstić information content (AvgIpc) is 1.81. The SMILES string of the molecule is CCC(=CC(=O)[O-])C(=O)[O-].[Ca+2]. The maximum atomic E-state index is 10.00. The van der Waals surface area contributed by atoms with Crippen LogP contribution in [0.25, 0.3) is 0 Å². The van der Waals surface area contributed by atoms with Gasteiger partial charge in [0.1, 0.15) is 0 Å². The number of aliphatic carboxylic acids is 2. The van der Waals surface area contributed by atoms with Crippen molar-refractivity contribution in [2.24, 2.45) is 0 Å². The van der Waals surface area contributed by atoms with Crippen LogP contribution in [0.1, 0.15) is 13.3 Å². The maximum Gasteiger partial charge on any atom is 2.00 e. The minimum Gasteiger partial charge on any atom is -0.545 e. The van der Waals surface area contributed by atoms with Gasteiger partial charge in [0, 0.05) is 0 Å². The zero-order valence-electron chi connectivity index (χ0n) is 6.12. The van der Waals surface area contributed by atoms with E-state index in [2.05, 4.69) is 0 Å². The van der Waals surface area contributed by atoms with Gasteiger partial charge < -0.3 is 19.8 Å². The van der Waals surface area contributed by atoms with Crippen molar-refractivity contribution < 1.29 is 19.8 Å². The fourth-order valence-electron chi connectivity index (χ4n) is 0.448. The van der Waals surface area contributed by atoms with Crippen molar-refractivity contribution in [2.75, 3.05) is 0 Å². The quantitative estimate of drug-likeness (QED) is 0.355. The zero-order chi connectivity index (χ0) is 8.15. The summed E-state index contributed by atoms with van der Waals surface area (Å²) in [6.45, 7) is 1.52. The van der Waals surface area contributed by atoms with Crippen molar-refractivity contribution in [1.82, 2.24) is 0 Å². The molecule has 0 amide bonds. The van der Waals surface area contributed by atoms with Crippen molar-refractivity contribution in [2.45, 2.75) is 13.3 Å². The predicted octanol–water partition coefficient (Wildman–Crippen LogP) is -2.56. The Labute approximate surface area is 93.9 Å². The summed E-state index contributed by atoms with van der Waals surface area (Å²) in [6, 6.07) is 0. The van der Waals surface area contributed by atoms with E-state index in [1.54, 1.807) is 0 Å². The molecule has 0 aliphatic heterocycles. The summed E-state index contributed by atoms with van der Waals surface area (Å²) in [6.07, 6.45) is 0.644. The van der Waals surface area contributed by atoms with Crippen molar-refractivity contribution in [1.29, 1.82) is 0 Å². The van der Waals surface area contributed by atoms with Crippen LogP contribution in [0, 0.1) is 0 Å². The molecule has 4 nitrogen and oxygen atoms in total. The van der Waals surface area contributed by atoms with Crippen molar-refractivity contribution in [3.8, 4) is 0 Å². The molecule has 0 saturated carbocycles. The van der Waals surface area contributed by atoms with Crippen molar-refractivity contribution in [3.05, 3.63) is 11.6 Å². The summed E-state index contributed by atoms with van der Waals surface area (Å²) in [7, 11) is 0. The summed E-state index contributed by atoms with van der Waals surface area (Å²) >= 11 is 0. The van der Waals surface area contributed by atoms with Gasteiger partial charge in [-0.25, -0.2) is 0 Å². The molecule has 0 fully saturated rings. The van der Waals surface area contributed by atoms with Crippen LogP contribution in [-0.2, 0) is 9.59 Å². The second-order valence-corrected chi connectivity index (χ2v) is 1.63. The van der Waals surface area contributed by atoms with Crippen LogP contribution >= 0.6 is 0 Å². The molecule has 0 rings (SSSR count). The van der Waals surface area contributed by atoms with Crippen molar-refractivity contribution >= 4 is 49.7 Å². The number of carbonyl (C=O) groups excluding carboxylic acids is 2. The number of carboxylic acids is 2.